The Hall–Kier alpha value is -3.04. The molecule has 0 atom stereocenters. The zero-order chi connectivity index (χ0) is 19.4. The van der Waals surface area contributed by atoms with E-state index in [4.69, 9.17) is 11.6 Å². The van der Waals surface area contributed by atoms with Gasteiger partial charge in [-0.15, -0.1) is 11.3 Å². The molecule has 0 bridgehead atoms. The van der Waals surface area contributed by atoms with Crippen molar-refractivity contribution >= 4 is 51.4 Å². The second-order valence-electron chi connectivity index (χ2n) is 5.21. The average molecular weight is 409 g/mol. The van der Waals surface area contributed by atoms with Crippen LogP contribution in [0.1, 0.15) is 10.5 Å². The molecule has 0 aliphatic heterocycles. The predicted molar refractivity (Wildman–Crippen MR) is 101 cm³/mol. The van der Waals surface area contributed by atoms with Crippen LogP contribution in [0.2, 0.25) is 5.02 Å². The van der Waals surface area contributed by atoms with Crippen LogP contribution >= 0.6 is 22.9 Å². The van der Waals surface area contributed by atoms with E-state index in [0.717, 1.165) is 17.4 Å². The lowest BCUT2D eigenvalue weighted by atomic mass is 10.3. The maximum absolute atomic E-state index is 13.1. The molecule has 3 rings (SSSR count). The van der Waals surface area contributed by atoms with Gasteiger partial charge in [-0.05, 0) is 42.5 Å². The van der Waals surface area contributed by atoms with E-state index >= 15 is 0 Å². The first-order chi connectivity index (χ1) is 12.9. The molecule has 27 heavy (non-hydrogen) atoms. The van der Waals surface area contributed by atoms with E-state index in [0.29, 0.717) is 11.4 Å². The molecule has 10 heteroatoms. The van der Waals surface area contributed by atoms with Crippen molar-refractivity contribution in [2.45, 2.75) is 0 Å². The lowest BCUT2D eigenvalue weighted by Gasteiger charge is -2.05. The molecule has 0 spiro atoms. The van der Waals surface area contributed by atoms with Crippen LogP contribution in [0.15, 0.2) is 47.8 Å². The summed E-state index contributed by atoms with van der Waals surface area (Å²) in [5.74, 6) is -1.55. The number of aromatic nitrogens is 1. The number of anilines is 3. The number of carbonyl (C=O) groups is 2. The monoisotopic (exact) mass is 408 g/mol. The van der Waals surface area contributed by atoms with Gasteiger partial charge in [-0.25, -0.2) is 18.6 Å². The number of rotatable bonds is 4. The second-order valence-corrected chi connectivity index (χ2v) is 6.47. The molecule has 1 aromatic heterocycles. The van der Waals surface area contributed by atoms with Crippen LogP contribution in [0.3, 0.4) is 0 Å². The van der Waals surface area contributed by atoms with Crippen molar-refractivity contribution in [3.05, 3.63) is 70.2 Å². The van der Waals surface area contributed by atoms with Gasteiger partial charge < -0.3 is 10.6 Å². The molecule has 2 aromatic carbocycles. The largest absolute Gasteiger partial charge is 0.325 e. The third kappa shape index (κ3) is 4.99. The van der Waals surface area contributed by atoms with Gasteiger partial charge in [0.2, 0.25) is 0 Å². The highest BCUT2D eigenvalue weighted by Gasteiger charge is 2.13. The normalized spacial score (nSPS) is 10.3. The van der Waals surface area contributed by atoms with Gasteiger partial charge in [0.25, 0.3) is 5.91 Å². The van der Waals surface area contributed by atoms with Crippen LogP contribution in [0.25, 0.3) is 0 Å². The van der Waals surface area contributed by atoms with E-state index in [9.17, 15) is 18.4 Å². The van der Waals surface area contributed by atoms with E-state index < -0.39 is 23.6 Å². The number of nitrogens with one attached hydrogen (secondary N) is 3. The highest BCUT2D eigenvalue weighted by Crippen LogP contribution is 2.21. The van der Waals surface area contributed by atoms with Crippen molar-refractivity contribution in [2.24, 2.45) is 0 Å². The fourth-order valence-corrected chi connectivity index (χ4v) is 2.86. The van der Waals surface area contributed by atoms with Gasteiger partial charge in [0.05, 0.1) is 5.02 Å². The summed E-state index contributed by atoms with van der Waals surface area (Å²) in [6.07, 6.45) is 0. The third-order valence-corrected chi connectivity index (χ3v) is 4.28. The number of carbonyl (C=O) groups excluding carboxylic acids is 2. The number of thiazole rings is 1. The molecule has 0 saturated heterocycles. The van der Waals surface area contributed by atoms with Crippen molar-refractivity contribution in [1.82, 2.24) is 4.98 Å². The topological polar surface area (TPSA) is 83.1 Å². The Morgan fingerprint density at radius 1 is 0.963 bits per heavy atom. The molecule has 0 radical (unpaired) electrons. The number of urea groups is 1. The van der Waals surface area contributed by atoms with Gasteiger partial charge in [0.15, 0.2) is 5.13 Å². The lowest BCUT2D eigenvalue weighted by Crippen LogP contribution is -2.19. The first-order valence-electron chi connectivity index (χ1n) is 7.46. The number of hydrogen-bond acceptors (Lipinski definition) is 4. The number of hydrogen-bond donors (Lipinski definition) is 3. The van der Waals surface area contributed by atoms with Crippen LogP contribution in [-0.2, 0) is 0 Å². The minimum atomic E-state index is -0.595. The molecule has 138 valence electrons. The summed E-state index contributed by atoms with van der Waals surface area (Å²) in [6.45, 7) is 0. The molecule has 0 fully saturated rings. The Balaban J connectivity index is 1.60. The summed E-state index contributed by atoms with van der Waals surface area (Å²) < 4.78 is 26.0. The van der Waals surface area contributed by atoms with E-state index in [1.54, 1.807) is 0 Å². The maximum atomic E-state index is 13.1. The Morgan fingerprint density at radius 3 is 2.37 bits per heavy atom. The SMILES string of the molecule is O=C(Nc1ccc(F)cc1)Nc1nc(C(=O)Nc2ccc(F)c(Cl)c2)cs1. The Labute approximate surface area is 161 Å². The standard InChI is InChI=1S/C17H11ClF2N4O2S/c18-12-7-11(5-6-13(12)20)21-15(25)14-8-27-17(23-14)24-16(26)22-10-3-1-9(19)2-4-10/h1-8H,(H,21,25)(H2,22,23,24,26). The Morgan fingerprint density at radius 2 is 1.67 bits per heavy atom. The lowest BCUT2D eigenvalue weighted by molar-refractivity contribution is 0.102. The Bertz CT molecular complexity index is 995. The highest BCUT2D eigenvalue weighted by atomic mass is 35.5. The molecule has 3 aromatic rings. The fraction of sp³-hybridized carbons (Fsp3) is 0. The molecule has 0 unspecified atom stereocenters. The summed E-state index contributed by atoms with van der Waals surface area (Å²) in [4.78, 5) is 28.1. The van der Waals surface area contributed by atoms with Crippen LogP contribution in [0, 0.1) is 11.6 Å². The van der Waals surface area contributed by atoms with E-state index in [2.05, 4.69) is 20.9 Å². The number of amides is 3. The number of halogens is 3. The summed E-state index contributed by atoms with van der Waals surface area (Å²) in [5.41, 5.74) is 0.775. The summed E-state index contributed by atoms with van der Waals surface area (Å²) in [7, 11) is 0. The van der Waals surface area contributed by atoms with Crippen molar-refractivity contribution < 1.29 is 18.4 Å². The van der Waals surface area contributed by atoms with Crippen molar-refractivity contribution in [3.63, 3.8) is 0 Å². The quantitative estimate of drug-likeness (QED) is 0.569. The van der Waals surface area contributed by atoms with E-state index in [1.807, 2.05) is 0 Å². The first-order valence-corrected chi connectivity index (χ1v) is 8.72. The van der Waals surface area contributed by atoms with Crippen LogP contribution < -0.4 is 16.0 Å². The van der Waals surface area contributed by atoms with Gasteiger partial charge in [-0.2, -0.15) is 0 Å². The summed E-state index contributed by atoms with van der Waals surface area (Å²) in [6, 6.07) is 8.41. The van der Waals surface area contributed by atoms with Gasteiger partial charge in [0, 0.05) is 16.8 Å². The molecule has 1 heterocycles. The highest BCUT2D eigenvalue weighted by molar-refractivity contribution is 7.14. The minimum absolute atomic E-state index is 0.0672. The van der Waals surface area contributed by atoms with E-state index in [-0.39, 0.29) is 15.8 Å². The smallest absolute Gasteiger partial charge is 0.321 e. The number of benzene rings is 2. The van der Waals surface area contributed by atoms with Crippen LogP contribution in [-0.4, -0.2) is 16.9 Å². The predicted octanol–water partition coefficient (Wildman–Crippen LogP) is 4.97. The van der Waals surface area contributed by atoms with Crippen molar-refractivity contribution in [1.29, 1.82) is 0 Å². The van der Waals surface area contributed by atoms with Crippen molar-refractivity contribution in [2.75, 3.05) is 16.0 Å². The molecule has 0 saturated carbocycles. The van der Waals surface area contributed by atoms with Crippen LogP contribution in [0.5, 0.6) is 0 Å². The van der Waals surface area contributed by atoms with Crippen LogP contribution in [0.4, 0.5) is 30.1 Å². The van der Waals surface area contributed by atoms with E-state index in [1.165, 1.54) is 41.8 Å². The molecule has 0 aliphatic carbocycles. The molecule has 0 aliphatic rings. The van der Waals surface area contributed by atoms with Crippen molar-refractivity contribution in [3.8, 4) is 0 Å². The molecule has 3 amide bonds. The molecule has 3 N–H and O–H groups in total. The molecular formula is C17H11ClF2N4O2S. The molecule has 6 nitrogen and oxygen atoms in total. The first kappa shape index (κ1) is 18.7. The Kier molecular flexibility index (Phi) is 5.63. The average Bonchev–Trinajstić information content (AvgIpc) is 3.08. The minimum Gasteiger partial charge on any atom is -0.321 e. The van der Waals surface area contributed by atoms with Gasteiger partial charge in [0.1, 0.15) is 17.3 Å². The van der Waals surface area contributed by atoms with Gasteiger partial charge in [-0.3, -0.25) is 10.1 Å². The number of nitrogens with zero attached hydrogens (tertiary/aromatic N) is 1. The third-order valence-electron chi connectivity index (χ3n) is 3.24. The maximum Gasteiger partial charge on any atom is 0.325 e. The fourth-order valence-electron chi connectivity index (χ4n) is 2.00. The summed E-state index contributed by atoms with van der Waals surface area (Å²) >= 11 is 6.71. The summed E-state index contributed by atoms with van der Waals surface area (Å²) in [5, 5.41) is 9.03. The zero-order valence-corrected chi connectivity index (χ0v) is 15.0. The molecular weight excluding hydrogens is 398 g/mol. The van der Waals surface area contributed by atoms with Gasteiger partial charge >= 0.3 is 6.03 Å². The second kappa shape index (κ2) is 8.11. The zero-order valence-electron chi connectivity index (χ0n) is 13.4. The van der Waals surface area contributed by atoms with Gasteiger partial charge in [-0.1, -0.05) is 11.6 Å².